The molecule has 1 amide bonds. The minimum atomic E-state index is -0.784. The second kappa shape index (κ2) is 10.8. The first-order valence-corrected chi connectivity index (χ1v) is 10.8. The molecule has 1 atom stereocenters. The van der Waals surface area contributed by atoms with Crippen LogP contribution < -0.4 is 0 Å². The number of carbonyl (C=O) groups excluding carboxylic acids is 3. The van der Waals surface area contributed by atoms with Gasteiger partial charge >= 0.3 is 5.97 Å². The number of methoxy groups -OCH3 is 1. The highest BCUT2D eigenvalue weighted by atomic mass is 16.5. The SMILES string of the molecule is CCN(CC)CCN1C(=O)C(O)=C(C(=O)/C=C/c2ccco2)[C@@H]1c1ccc(C(=O)OC)cc1. The predicted octanol–water partition coefficient (Wildman–Crippen LogP) is 3.39. The van der Waals surface area contributed by atoms with E-state index < -0.39 is 29.5 Å². The van der Waals surface area contributed by atoms with Gasteiger partial charge in [0.05, 0.1) is 30.6 Å². The van der Waals surface area contributed by atoms with Crippen LogP contribution in [0.25, 0.3) is 6.08 Å². The highest BCUT2D eigenvalue weighted by molar-refractivity contribution is 6.14. The first-order valence-electron chi connectivity index (χ1n) is 10.8. The number of likely N-dealkylation sites (N-methyl/N-ethyl adjacent to an activating group) is 1. The Labute approximate surface area is 192 Å². The number of nitrogens with zero attached hydrogens (tertiary/aromatic N) is 2. The lowest BCUT2D eigenvalue weighted by atomic mass is 9.95. The number of ketones is 1. The van der Waals surface area contributed by atoms with Crippen molar-refractivity contribution < 1.29 is 28.6 Å². The highest BCUT2D eigenvalue weighted by Crippen LogP contribution is 2.38. The molecule has 0 saturated heterocycles. The Bertz CT molecular complexity index is 1050. The van der Waals surface area contributed by atoms with Gasteiger partial charge in [-0.2, -0.15) is 0 Å². The largest absolute Gasteiger partial charge is 0.503 e. The number of hydrogen-bond acceptors (Lipinski definition) is 7. The van der Waals surface area contributed by atoms with E-state index in [1.807, 2.05) is 13.8 Å². The third kappa shape index (κ3) is 5.23. The summed E-state index contributed by atoms with van der Waals surface area (Å²) in [6.45, 7) is 6.60. The van der Waals surface area contributed by atoms with Gasteiger partial charge in [-0.1, -0.05) is 26.0 Å². The van der Waals surface area contributed by atoms with Gasteiger partial charge in [-0.15, -0.1) is 0 Å². The van der Waals surface area contributed by atoms with E-state index in [1.165, 1.54) is 30.4 Å². The molecule has 33 heavy (non-hydrogen) atoms. The van der Waals surface area contributed by atoms with Crippen molar-refractivity contribution in [1.29, 1.82) is 0 Å². The van der Waals surface area contributed by atoms with Gasteiger partial charge in [0.1, 0.15) is 5.76 Å². The van der Waals surface area contributed by atoms with Crippen LogP contribution in [-0.4, -0.2) is 65.9 Å². The second-order valence-corrected chi connectivity index (χ2v) is 7.52. The fourth-order valence-corrected chi connectivity index (χ4v) is 3.82. The molecule has 8 heteroatoms. The maximum atomic E-state index is 13.1. The van der Waals surface area contributed by atoms with E-state index in [1.54, 1.807) is 36.4 Å². The normalized spacial score (nSPS) is 16.3. The zero-order chi connectivity index (χ0) is 24.0. The number of hydrogen-bond donors (Lipinski definition) is 1. The summed E-state index contributed by atoms with van der Waals surface area (Å²) in [4.78, 5) is 41.5. The maximum absolute atomic E-state index is 13.1. The number of rotatable bonds is 10. The van der Waals surface area contributed by atoms with E-state index in [9.17, 15) is 19.5 Å². The minimum absolute atomic E-state index is 0.00632. The number of esters is 1. The number of allylic oxidation sites excluding steroid dienone is 1. The smallest absolute Gasteiger partial charge is 0.337 e. The summed E-state index contributed by atoms with van der Waals surface area (Å²) < 4.78 is 9.96. The van der Waals surface area contributed by atoms with Gasteiger partial charge in [0.15, 0.2) is 11.5 Å². The van der Waals surface area contributed by atoms with Crippen LogP contribution in [0.2, 0.25) is 0 Å². The van der Waals surface area contributed by atoms with Gasteiger partial charge < -0.3 is 24.1 Å². The quantitative estimate of drug-likeness (QED) is 0.436. The predicted molar refractivity (Wildman–Crippen MR) is 122 cm³/mol. The molecular formula is C25H28N2O6. The number of furan rings is 1. The van der Waals surface area contributed by atoms with Crippen molar-refractivity contribution in [2.45, 2.75) is 19.9 Å². The summed E-state index contributed by atoms with van der Waals surface area (Å²) in [6, 6.07) is 9.08. The molecule has 0 unspecified atom stereocenters. The van der Waals surface area contributed by atoms with Gasteiger partial charge in [0.25, 0.3) is 5.91 Å². The molecule has 174 valence electrons. The summed E-state index contributed by atoms with van der Waals surface area (Å²) in [5.41, 5.74) is 0.946. The van der Waals surface area contributed by atoms with Crippen LogP contribution in [0.5, 0.6) is 0 Å². The summed E-state index contributed by atoms with van der Waals surface area (Å²) in [6.07, 6.45) is 4.25. The number of benzene rings is 1. The standard InChI is InChI=1S/C25H28N2O6/c1-4-26(5-2)14-15-27-22(17-8-10-18(11-9-17)25(31)32-3)21(23(29)24(27)30)20(28)13-12-19-7-6-16-33-19/h6-13,16,22,29H,4-5,14-15H2,1-3H3/b13-12+/t22-/m0/s1. The number of ether oxygens (including phenoxy) is 1. The van der Waals surface area contributed by atoms with E-state index in [2.05, 4.69) is 4.90 Å². The number of amides is 1. The van der Waals surface area contributed by atoms with Crippen molar-refractivity contribution in [2.75, 3.05) is 33.3 Å². The fourth-order valence-electron chi connectivity index (χ4n) is 3.82. The molecule has 0 spiro atoms. The lowest BCUT2D eigenvalue weighted by Crippen LogP contribution is -2.38. The molecule has 1 aliphatic rings. The van der Waals surface area contributed by atoms with E-state index in [0.717, 1.165) is 13.1 Å². The number of aliphatic hydroxyl groups excluding tert-OH is 1. The summed E-state index contributed by atoms with van der Waals surface area (Å²) in [5.74, 6) is -1.67. The molecule has 2 aromatic rings. The molecule has 1 aromatic carbocycles. The molecule has 0 fully saturated rings. The van der Waals surface area contributed by atoms with Crippen LogP contribution in [0.15, 0.2) is 64.5 Å². The monoisotopic (exact) mass is 452 g/mol. The summed E-state index contributed by atoms with van der Waals surface area (Å²) >= 11 is 0. The van der Waals surface area contributed by atoms with Crippen molar-refractivity contribution >= 4 is 23.7 Å². The Balaban J connectivity index is 1.96. The van der Waals surface area contributed by atoms with Gasteiger partial charge in [-0.25, -0.2) is 4.79 Å². The summed E-state index contributed by atoms with van der Waals surface area (Å²) in [5, 5.41) is 10.7. The van der Waals surface area contributed by atoms with Crippen molar-refractivity contribution in [3.05, 3.63) is 77.0 Å². The Morgan fingerprint density at radius 2 is 1.88 bits per heavy atom. The Kier molecular flexibility index (Phi) is 7.84. The molecule has 0 bridgehead atoms. The van der Waals surface area contributed by atoms with Crippen LogP contribution in [0, 0.1) is 0 Å². The Morgan fingerprint density at radius 1 is 1.18 bits per heavy atom. The molecule has 0 saturated carbocycles. The van der Waals surface area contributed by atoms with E-state index in [4.69, 9.17) is 9.15 Å². The third-order valence-corrected chi connectivity index (χ3v) is 5.71. The van der Waals surface area contributed by atoms with E-state index in [-0.39, 0.29) is 5.57 Å². The molecule has 0 radical (unpaired) electrons. The van der Waals surface area contributed by atoms with E-state index >= 15 is 0 Å². The first kappa shape index (κ1) is 24.0. The molecule has 0 aliphatic carbocycles. The molecule has 1 aromatic heterocycles. The average molecular weight is 453 g/mol. The van der Waals surface area contributed by atoms with Crippen LogP contribution in [0.4, 0.5) is 0 Å². The fraction of sp³-hybridized carbons (Fsp3) is 0.320. The lowest BCUT2D eigenvalue weighted by Gasteiger charge is -2.29. The molecule has 2 heterocycles. The van der Waals surface area contributed by atoms with Gasteiger partial charge in [-0.3, -0.25) is 9.59 Å². The zero-order valence-corrected chi connectivity index (χ0v) is 19.0. The molecule has 1 N–H and O–H groups in total. The van der Waals surface area contributed by atoms with Crippen LogP contribution in [-0.2, 0) is 14.3 Å². The lowest BCUT2D eigenvalue weighted by molar-refractivity contribution is -0.129. The Morgan fingerprint density at radius 3 is 2.45 bits per heavy atom. The molecule has 1 aliphatic heterocycles. The van der Waals surface area contributed by atoms with Gasteiger partial charge in [0, 0.05) is 13.1 Å². The average Bonchev–Trinajstić information content (AvgIpc) is 3.45. The van der Waals surface area contributed by atoms with Crippen molar-refractivity contribution in [2.24, 2.45) is 0 Å². The van der Waals surface area contributed by atoms with Crippen molar-refractivity contribution in [3.63, 3.8) is 0 Å². The van der Waals surface area contributed by atoms with Crippen LogP contribution in [0.3, 0.4) is 0 Å². The van der Waals surface area contributed by atoms with Gasteiger partial charge in [0.2, 0.25) is 0 Å². The minimum Gasteiger partial charge on any atom is -0.503 e. The second-order valence-electron chi connectivity index (χ2n) is 7.52. The highest BCUT2D eigenvalue weighted by Gasteiger charge is 2.42. The van der Waals surface area contributed by atoms with E-state index in [0.29, 0.717) is 30.0 Å². The first-order chi connectivity index (χ1) is 15.9. The summed E-state index contributed by atoms with van der Waals surface area (Å²) in [7, 11) is 1.30. The van der Waals surface area contributed by atoms with Crippen LogP contribution in [0.1, 0.15) is 41.6 Å². The van der Waals surface area contributed by atoms with Crippen molar-refractivity contribution in [3.8, 4) is 0 Å². The van der Waals surface area contributed by atoms with Gasteiger partial charge in [-0.05, 0) is 55.1 Å². The van der Waals surface area contributed by atoms with Crippen LogP contribution >= 0.6 is 0 Å². The number of carbonyl (C=O) groups is 3. The molecular weight excluding hydrogens is 424 g/mol. The Hall–Kier alpha value is -3.65. The molecule has 8 nitrogen and oxygen atoms in total. The molecule has 3 rings (SSSR count). The van der Waals surface area contributed by atoms with Crippen molar-refractivity contribution in [1.82, 2.24) is 9.80 Å². The number of aliphatic hydroxyl groups is 1. The third-order valence-electron chi connectivity index (χ3n) is 5.71. The zero-order valence-electron chi connectivity index (χ0n) is 19.0. The topological polar surface area (TPSA) is 100 Å². The maximum Gasteiger partial charge on any atom is 0.337 e.